The zero-order valence-corrected chi connectivity index (χ0v) is 12.1. The number of benzene rings is 1. The fourth-order valence-electron chi connectivity index (χ4n) is 1.78. The summed E-state index contributed by atoms with van der Waals surface area (Å²) in [5.74, 6) is 0. The van der Waals surface area contributed by atoms with E-state index in [-0.39, 0.29) is 11.7 Å². The van der Waals surface area contributed by atoms with Gasteiger partial charge in [-0.1, -0.05) is 17.7 Å². The molecule has 0 saturated heterocycles. The fraction of sp³-hybridized carbons (Fsp3) is 0.231. The van der Waals surface area contributed by atoms with Gasteiger partial charge in [-0.25, -0.2) is 0 Å². The maximum absolute atomic E-state index is 11.0. The molecule has 6 heteroatoms. The Morgan fingerprint density at radius 2 is 2.11 bits per heavy atom. The Balaban J connectivity index is 2.30. The van der Waals surface area contributed by atoms with Crippen LogP contribution >= 0.6 is 22.9 Å². The molecule has 0 fully saturated rings. The van der Waals surface area contributed by atoms with E-state index in [4.69, 9.17) is 11.6 Å². The smallest absolute Gasteiger partial charge is 0.293 e. The number of nitro groups is 1. The van der Waals surface area contributed by atoms with Gasteiger partial charge in [0, 0.05) is 15.8 Å². The Bertz CT molecular complexity index is 612. The second kappa shape index (κ2) is 5.59. The summed E-state index contributed by atoms with van der Waals surface area (Å²) >= 11 is 7.71. The van der Waals surface area contributed by atoms with Crippen molar-refractivity contribution in [2.24, 2.45) is 0 Å². The average Bonchev–Trinajstić information content (AvgIpc) is 2.78. The Kier molecular flexibility index (Phi) is 4.07. The second-order valence-corrected chi connectivity index (χ2v) is 5.93. The fourth-order valence-corrected chi connectivity index (χ4v) is 2.89. The van der Waals surface area contributed by atoms with Gasteiger partial charge in [0.15, 0.2) is 0 Å². The molecule has 0 aliphatic heterocycles. The van der Waals surface area contributed by atoms with Gasteiger partial charge in [-0.05, 0) is 32.0 Å². The number of hydrogen-bond donors (Lipinski definition) is 1. The van der Waals surface area contributed by atoms with Crippen molar-refractivity contribution in [3.05, 3.63) is 55.2 Å². The van der Waals surface area contributed by atoms with Gasteiger partial charge in [0.1, 0.15) is 5.69 Å². The van der Waals surface area contributed by atoms with Crippen LogP contribution in [0.3, 0.4) is 0 Å². The molecule has 1 unspecified atom stereocenters. The summed E-state index contributed by atoms with van der Waals surface area (Å²) in [4.78, 5) is 12.9. The molecule has 1 aromatic heterocycles. The van der Waals surface area contributed by atoms with Gasteiger partial charge < -0.3 is 5.32 Å². The number of anilines is 1. The van der Waals surface area contributed by atoms with Gasteiger partial charge in [-0.3, -0.25) is 10.1 Å². The third-order valence-electron chi connectivity index (χ3n) is 2.74. The maximum atomic E-state index is 11.0. The van der Waals surface area contributed by atoms with E-state index in [1.165, 1.54) is 10.9 Å². The Hall–Kier alpha value is -1.59. The zero-order valence-electron chi connectivity index (χ0n) is 10.5. The van der Waals surface area contributed by atoms with Crippen molar-refractivity contribution >= 4 is 34.3 Å². The number of hydrogen-bond acceptors (Lipinski definition) is 4. The van der Waals surface area contributed by atoms with E-state index in [1.807, 2.05) is 26.0 Å². The van der Waals surface area contributed by atoms with Crippen LogP contribution in [0.4, 0.5) is 11.4 Å². The van der Waals surface area contributed by atoms with Gasteiger partial charge in [0.25, 0.3) is 5.69 Å². The van der Waals surface area contributed by atoms with Crippen LogP contribution in [-0.4, -0.2) is 4.92 Å². The van der Waals surface area contributed by atoms with Crippen LogP contribution in [0.2, 0.25) is 5.02 Å². The Morgan fingerprint density at radius 1 is 1.37 bits per heavy atom. The number of para-hydroxylation sites is 1. The van der Waals surface area contributed by atoms with E-state index in [0.29, 0.717) is 10.7 Å². The largest absolute Gasteiger partial charge is 0.371 e. The number of nitrogens with zero attached hydrogens (tertiary/aromatic N) is 1. The van der Waals surface area contributed by atoms with Crippen LogP contribution in [0, 0.1) is 17.0 Å². The van der Waals surface area contributed by atoms with E-state index in [0.717, 1.165) is 4.88 Å². The normalized spacial score (nSPS) is 12.2. The van der Waals surface area contributed by atoms with Gasteiger partial charge in [0.05, 0.1) is 16.0 Å². The lowest BCUT2D eigenvalue weighted by Gasteiger charge is -2.14. The topological polar surface area (TPSA) is 55.2 Å². The highest BCUT2D eigenvalue weighted by Gasteiger charge is 2.19. The maximum Gasteiger partial charge on any atom is 0.293 e. The number of nitro benzene ring substituents is 1. The molecule has 0 spiro atoms. The molecule has 0 aliphatic rings. The molecule has 0 radical (unpaired) electrons. The molecule has 1 aromatic carbocycles. The summed E-state index contributed by atoms with van der Waals surface area (Å²) in [5.41, 5.74) is 0.361. The molecular weight excluding hydrogens is 284 g/mol. The molecule has 19 heavy (non-hydrogen) atoms. The molecule has 1 heterocycles. The molecule has 0 saturated carbocycles. The van der Waals surface area contributed by atoms with E-state index in [9.17, 15) is 10.1 Å². The first kappa shape index (κ1) is 13.8. The van der Waals surface area contributed by atoms with Crippen molar-refractivity contribution in [2.75, 3.05) is 5.32 Å². The minimum Gasteiger partial charge on any atom is -0.371 e. The first-order chi connectivity index (χ1) is 8.99. The zero-order chi connectivity index (χ0) is 14.0. The van der Waals surface area contributed by atoms with Crippen LogP contribution < -0.4 is 5.32 Å². The minimum absolute atomic E-state index is 0.00683. The van der Waals surface area contributed by atoms with Crippen molar-refractivity contribution in [1.82, 2.24) is 0 Å². The monoisotopic (exact) mass is 296 g/mol. The lowest BCUT2D eigenvalue weighted by molar-refractivity contribution is -0.384. The minimum atomic E-state index is -0.430. The molecular formula is C13H13ClN2O2S. The average molecular weight is 297 g/mol. The standard InChI is InChI=1S/C13H13ClN2O2S/c1-8-6-7-12(19-8)9(2)15-13-10(14)4-3-5-11(13)16(17)18/h3-7,9,15H,1-2H3. The third kappa shape index (κ3) is 3.05. The Labute approximate surface area is 120 Å². The van der Waals surface area contributed by atoms with E-state index < -0.39 is 4.92 Å². The molecule has 100 valence electrons. The lowest BCUT2D eigenvalue weighted by Crippen LogP contribution is -2.07. The number of halogens is 1. The van der Waals surface area contributed by atoms with E-state index in [1.54, 1.807) is 23.5 Å². The molecule has 1 N–H and O–H groups in total. The predicted octanol–water partition coefficient (Wildman–Crippen LogP) is 4.79. The molecule has 0 amide bonds. The highest BCUT2D eigenvalue weighted by Crippen LogP contribution is 2.35. The molecule has 4 nitrogen and oxygen atoms in total. The lowest BCUT2D eigenvalue weighted by atomic mass is 10.2. The van der Waals surface area contributed by atoms with Crippen molar-refractivity contribution in [3.63, 3.8) is 0 Å². The summed E-state index contributed by atoms with van der Waals surface area (Å²) in [6.45, 7) is 3.98. The summed E-state index contributed by atoms with van der Waals surface area (Å²) in [5, 5.41) is 14.5. The first-order valence-electron chi connectivity index (χ1n) is 5.75. The number of thiophene rings is 1. The van der Waals surface area contributed by atoms with Crippen LogP contribution in [-0.2, 0) is 0 Å². The van der Waals surface area contributed by atoms with E-state index >= 15 is 0 Å². The van der Waals surface area contributed by atoms with Gasteiger partial charge >= 0.3 is 0 Å². The van der Waals surface area contributed by atoms with Gasteiger partial charge in [-0.15, -0.1) is 11.3 Å². The van der Waals surface area contributed by atoms with Crippen LogP contribution in [0.15, 0.2) is 30.3 Å². The summed E-state index contributed by atoms with van der Waals surface area (Å²) in [6, 6.07) is 8.67. The SMILES string of the molecule is Cc1ccc(C(C)Nc2c(Cl)cccc2[N+](=O)[O-])s1. The molecule has 2 aromatic rings. The van der Waals surface area contributed by atoms with Gasteiger partial charge in [0.2, 0.25) is 0 Å². The van der Waals surface area contributed by atoms with Crippen molar-refractivity contribution < 1.29 is 4.92 Å². The van der Waals surface area contributed by atoms with E-state index in [2.05, 4.69) is 5.32 Å². The van der Waals surface area contributed by atoms with Crippen molar-refractivity contribution in [2.45, 2.75) is 19.9 Å². The van der Waals surface area contributed by atoms with Gasteiger partial charge in [-0.2, -0.15) is 0 Å². The number of aryl methyl sites for hydroxylation is 1. The first-order valence-corrected chi connectivity index (χ1v) is 6.94. The second-order valence-electron chi connectivity index (χ2n) is 4.21. The Morgan fingerprint density at radius 3 is 2.68 bits per heavy atom. The van der Waals surface area contributed by atoms with Crippen molar-refractivity contribution in [3.8, 4) is 0 Å². The van der Waals surface area contributed by atoms with Crippen LogP contribution in [0.1, 0.15) is 22.7 Å². The summed E-state index contributed by atoms with van der Waals surface area (Å²) in [6.07, 6.45) is 0. The quantitative estimate of drug-likeness (QED) is 0.652. The molecule has 0 bridgehead atoms. The summed E-state index contributed by atoms with van der Waals surface area (Å²) < 4.78 is 0. The summed E-state index contributed by atoms with van der Waals surface area (Å²) in [7, 11) is 0. The highest BCUT2D eigenvalue weighted by molar-refractivity contribution is 7.12. The number of rotatable bonds is 4. The third-order valence-corrected chi connectivity index (χ3v) is 4.24. The molecule has 1 atom stereocenters. The molecule has 0 aliphatic carbocycles. The highest BCUT2D eigenvalue weighted by atomic mass is 35.5. The van der Waals surface area contributed by atoms with Crippen LogP contribution in [0.25, 0.3) is 0 Å². The number of nitrogens with one attached hydrogen (secondary N) is 1. The van der Waals surface area contributed by atoms with Crippen molar-refractivity contribution in [1.29, 1.82) is 0 Å². The predicted molar refractivity (Wildman–Crippen MR) is 79.2 cm³/mol. The molecule has 2 rings (SSSR count). The van der Waals surface area contributed by atoms with Crippen LogP contribution in [0.5, 0.6) is 0 Å².